The number of ether oxygens (including phenoxy) is 1. The number of esters is 1. The molecule has 0 fully saturated rings. The van der Waals surface area contributed by atoms with E-state index < -0.39 is 11.8 Å². The third kappa shape index (κ3) is 2.05. The van der Waals surface area contributed by atoms with Gasteiger partial charge in [-0.1, -0.05) is 0 Å². The fourth-order valence-electron chi connectivity index (χ4n) is 0.468. The fraction of sp³-hybridized carbons (Fsp3) is 0. The predicted molar refractivity (Wildman–Crippen MR) is 41.9 cm³/mol. The molecule has 0 unspecified atom stereocenters. The van der Waals surface area contributed by atoms with Crippen molar-refractivity contribution < 1.29 is 9.53 Å². The van der Waals surface area contributed by atoms with Crippen LogP contribution in [0.3, 0.4) is 0 Å². The molecule has 0 spiro atoms. The minimum Gasteiger partial charge on any atom is -0.410 e. The first-order valence-electron chi connectivity index (χ1n) is 2.80. The standard InChI is InChI=1S/C6H6N2O2S/c7-5(8)6(9)10-4-2-1-3-11-4/h1-3H,(H3,7,8). The van der Waals surface area contributed by atoms with Gasteiger partial charge in [-0.05, 0) is 17.5 Å². The number of carbonyl (C=O) groups excluding carboxylic acids is 1. The maximum absolute atomic E-state index is 10.6. The van der Waals surface area contributed by atoms with Gasteiger partial charge in [0.1, 0.15) is 0 Å². The van der Waals surface area contributed by atoms with Crippen LogP contribution in [0.25, 0.3) is 0 Å². The molecule has 0 aliphatic heterocycles. The highest BCUT2D eigenvalue weighted by Crippen LogP contribution is 2.17. The van der Waals surface area contributed by atoms with Gasteiger partial charge in [0.2, 0.25) is 5.84 Å². The first-order valence-corrected chi connectivity index (χ1v) is 3.68. The number of rotatable bonds is 1. The summed E-state index contributed by atoms with van der Waals surface area (Å²) in [6, 6.07) is 3.37. The lowest BCUT2D eigenvalue weighted by Gasteiger charge is -1.96. The third-order valence-corrected chi connectivity index (χ3v) is 1.65. The van der Waals surface area contributed by atoms with E-state index in [4.69, 9.17) is 11.1 Å². The molecule has 0 amide bonds. The zero-order chi connectivity index (χ0) is 8.27. The number of hydrogen-bond acceptors (Lipinski definition) is 4. The average Bonchev–Trinajstić information content (AvgIpc) is 2.39. The quantitative estimate of drug-likeness (QED) is 0.368. The zero-order valence-electron chi connectivity index (χ0n) is 5.53. The summed E-state index contributed by atoms with van der Waals surface area (Å²) in [6.45, 7) is 0. The van der Waals surface area contributed by atoms with Gasteiger partial charge in [0, 0.05) is 0 Å². The van der Waals surface area contributed by atoms with Crippen LogP contribution in [-0.2, 0) is 4.79 Å². The second-order valence-corrected chi connectivity index (χ2v) is 2.65. The lowest BCUT2D eigenvalue weighted by Crippen LogP contribution is -2.26. The van der Waals surface area contributed by atoms with Gasteiger partial charge in [-0.15, -0.1) is 11.3 Å². The SMILES string of the molecule is N=C(N)C(=O)Oc1cccs1. The van der Waals surface area contributed by atoms with Crippen LogP contribution in [0.1, 0.15) is 0 Å². The van der Waals surface area contributed by atoms with Crippen molar-refractivity contribution in [2.24, 2.45) is 5.73 Å². The van der Waals surface area contributed by atoms with Gasteiger partial charge in [0.05, 0.1) is 0 Å². The minimum absolute atomic E-state index is 0.449. The molecule has 5 heteroatoms. The van der Waals surface area contributed by atoms with E-state index in [1.54, 1.807) is 17.5 Å². The summed E-state index contributed by atoms with van der Waals surface area (Å²) in [4.78, 5) is 10.6. The summed E-state index contributed by atoms with van der Waals surface area (Å²) in [5, 5.41) is 8.93. The maximum atomic E-state index is 10.6. The van der Waals surface area contributed by atoms with E-state index >= 15 is 0 Å². The topological polar surface area (TPSA) is 76.2 Å². The summed E-state index contributed by atoms with van der Waals surface area (Å²) < 4.78 is 4.65. The molecule has 0 aliphatic carbocycles. The van der Waals surface area contributed by atoms with E-state index in [0.717, 1.165) is 0 Å². The van der Waals surface area contributed by atoms with Gasteiger partial charge >= 0.3 is 5.97 Å². The van der Waals surface area contributed by atoms with Gasteiger partial charge in [0.15, 0.2) is 5.06 Å². The Morgan fingerprint density at radius 2 is 2.45 bits per heavy atom. The van der Waals surface area contributed by atoms with Crippen molar-refractivity contribution >= 4 is 23.1 Å². The molecule has 58 valence electrons. The van der Waals surface area contributed by atoms with Crippen LogP contribution in [0.15, 0.2) is 17.5 Å². The smallest absolute Gasteiger partial charge is 0.379 e. The Hall–Kier alpha value is -1.36. The molecule has 0 aliphatic rings. The molecular weight excluding hydrogens is 164 g/mol. The molecular formula is C6H6N2O2S. The van der Waals surface area contributed by atoms with Gasteiger partial charge < -0.3 is 10.5 Å². The van der Waals surface area contributed by atoms with Crippen LogP contribution in [0, 0.1) is 5.41 Å². The molecule has 11 heavy (non-hydrogen) atoms. The molecule has 1 aromatic rings. The van der Waals surface area contributed by atoms with E-state index in [0.29, 0.717) is 5.06 Å². The van der Waals surface area contributed by atoms with Crippen LogP contribution < -0.4 is 10.5 Å². The number of hydrogen-bond donors (Lipinski definition) is 2. The Morgan fingerprint density at radius 1 is 1.73 bits per heavy atom. The second kappa shape index (κ2) is 3.16. The van der Waals surface area contributed by atoms with E-state index in [1.165, 1.54) is 11.3 Å². The molecule has 1 heterocycles. The Labute approximate surface area is 67.1 Å². The molecule has 1 rings (SSSR count). The van der Waals surface area contributed by atoms with Crippen molar-refractivity contribution in [3.05, 3.63) is 17.5 Å². The fourth-order valence-corrected chi connectivity index (χ4v) is 1.04. The van der Waals surface area contributed by atoms with Gasteiger partial charge in [-0.25, -0.2) is 4.79 Å². The van der Waals surface area contributed by atoms with Crippen LogP contribution in [-0.4, -0.2) is 11.8 Å². The van der Waals surface area contributed by atoms with Crippen LogP contribution >= 0.6 is 11.3 Å². The molecule has 0 saturated heterocycles. The third-order valence-electron chi connectivity index (χ3n) is 0.908. The summed E-state index contributed by atoms with van der Waals surface area (Å²) in [6.07, 6.45) is 0. The number of amidine groups is 1. The molecule has 1 aromatic heterocycles. The van der Waals surface area contributed by atoms with Gasteiger partial charge in [-0.2, -0.15) is 0 Å². The van der Waals surface area contributed by atoms with Gasteiger partial charge in [0.25, 0.3) is 0 Å². The first kappa shape index (κ1) is 7.74. The van der Waals surface area contributed by atoms with Crippen LogP contribution in [0.2, 0.25) is 0 Å². The van der Waals surface area contributed by atoms with Crippen molar-refractivity contribution in [1.82, 2.24) is 0 Å². The number of thiophene rings is 1. The summed E-state index contributed by atoms with van der Waals surface area (Å²) in [5.74, 6) is -1.40. The van der Waals surface area contributed by atoms with Crippen molar-refractivity contribution in [3.63, 3.8) is 0 Å². The summed E-state index contributed by atoms with van der Waals surface area (Å²) >= 11 is 1.27. The molecule has 0 saturated carbocycles. The summed E-state index contributed by atoms with van der Waals surface area (Å²) in [7, 11) is 0. The lowest BCUT2D eigenvalue weighted by molar-refractivity contribution is -0.126. The normalized spacial score (nSPS) is 9.09. The van der Waals surface area contributed by atoms with E-state index in [9.17, 15) is 4.79 Å². The zero-order valence-corrected chi connectivity index (χ0v) is 6.35. The Kier molecular flexibility index (Phi) is 2.22. The Bertz CT molecular complexity index is 268. The molecule has 0 bridgehead atoms. The highest BCUT2D eigenvalue weighted by atomic mass is 32.1. The van der Waals surface area contributed by atoms with Crippen LogP contribution in [0.5, 0.6) is 5.06 Å². The maximum Gasteiger partial charge on any atom is 0.379 e. The second-order valence-electron chi connectivity index (χ2n) is 1.74. The van der Waals surface area contributed by atoms with Crippen molar-refractivity contribution in [3.8, 4) is 5.06 Å². The number of nitrogens with two attached hydrogens (primary N) is 1. The summed E-state index contributed by atoms with van der Waals surface area (Å²) in [5.41, 5.74) is 4.87. The van der Waals surface area contributed by atoms with E-state index in [1.807, 2.05) is 0 Å². The average molecular weight is 170 g/mol. The molecule has 3 N–H and O–H groups in total. The van der Waals surface area contributed by atoms with E-state index in [2.05, 4.69) is 4.74 Å². The highest BCUT2D eigenvalue weighted by molar-refractivity contribution is 7.11. The first-order chi connectivity index (χ1) is 5.20. The largest absolute Gasteiger partial charge is 0.410 e. The van der Waals surface area contributed by atoms with Crippen LogP contribution in [0.4, 0.5) is 0 Å². The predicted octanol–water partition coefficient (Wildman–Crippen LogP) is 0.589. The van der Waals surface area contributed by atoms with E-state index in [-0.39, 0.29) is 0 Å². The molecule has 0 atom stereocenters. The van der Waals surface area contributed by atoms with Crippen molar-refractivity contribution in [1.29, 1.82) is 5.41 Å². The van der Waals surface area contributed by atoms with Crippen molar-refractivity contribution in [2.45, 2.75) is 0 Å². The Balaban J connectivity index is 2.57. The Morgan fingerprint density at radius 3 is 2.91 bits per heavy atom. The molecule has 0 radical (unpaired) electrons. The van der Waals surface area contributed by atoms with Crippen molar-refractivity contribution in [2.75, 3.05) is 0 Å². The molecule has 0 aromatic carbocycles. The number of carbonyl (C=O) groups is 1. The highest BCUT2D eigenvalue weighted by Gasteiger charge is 2.07. The molecule has 4 nitrogen and oxygen atoms in total. The van der Waals surface area contributed by atoms with Gasteiger partial charge in [-0.3, -0.25) is 5.41 Å². The lowest BCUT2D eigenvalue weighted by atomic mass is 10.6. The monoisotopic (exact) mass is 170 g/mol. The minimum atomic E-state index is -0.813. The number of nitrogens with one attached hydrogen (secondary N) is 1.